The summed E-state index contributed by atoms with van der Waals surface area (Å²) < 4.78 is 53.3. The number of rotatable bonds is 4. The van der Waals surface area contributed by atoms with Crippen molar-refractivity contribution in [3.63, 3.8) is 0 Å². The van der Waals surface area contributed by atoms with Gasteiger partial charge in [-0.2, -0.15) is 18.3 Å². The van der Waals surface area contributed by atoms with Gasteiger partial charge in [-0.25, -0.2) is 9.07 Å². The Morgan fingerprint density at radius 1 is 1.19 bits per heavy atom. The summed E-state index contributed by atoms with van der Waals surface area (Å²) in [5, 5.41) is 4.00. The molecule has 0 atom stereocenters. The lowest BCUT2D eigenvalue weighted by Gasteiger charge is -2.10. The van der Waals surface area contributed by atoms with Crippen molar-refractivity contribution < 1.29 is 22.4 Å². The van der Waals surface area contributed by atoms with Crippen molar-refractivity contribution >= 4 is 5.91 Å². The van der Waals surface area contributed by atoms with Gasteiger partial charge in [0.1, 0.15) is 5.82 Å². The zero-order valence-corrected chi connectivity index (χ0v) is 13.2. The molecule has 5 nitrogen and oxygen atoms in total. The van der Waals surface area contributed by atoms with E-state index in [-0.39, 0.29) is 17.5 Å². The third kappa shape index (κ3) is 3.88. The van der Waals surface area contributed by atoms with Crippen molar-refractivity contribution in [1.29, 1.82) is 0 Å². The van der Waals surface area contributed by atoms with E-state index in [1.54, 1.807) is 12.1 Å². The lowest BCUT2D eigenvalue weighted by molar-refractivity contribution is -0.137. The third-order valence-corrected chi connectivity index (χ3v) is 3.60. The van der Waals surface area contributed by atoms with Gasteiger partial charge >= 0.3 is 6.18 Å². The first-order chi connectivity index (χ1) is 12.2. The Bertz CT molecular complexity index is 965. The molecule has 1 aromatic carbocycles. The van der Waals surface area contributed by atoms with E-state index in [2.05, 4.69) is 10.1 Å². The van der Waals surface area contributed by atoms with Crippen LogP contribution in [0.2, 0.25) is 0 Å². The molecule has 0 spiro atoms. The summed E-state index contributed by atoms with van der Waals surface area (Å²) >= 11 is 0. The number of halogens is 4. The highest BCUT2D eigenvalue weighted by Crippen LogP contribution is 2.30. The molecule has 3 rings (SSSR count). The average molecular weight is 364 g/mol. The lowest BCUT2D eigenvalue weighted by Crippen LogP contribution is -2.09. The molecule has 2 heterocycles. The van der Waals surface area contributed by atoms with Gasteiger partial charge in [-0.05, 0) is 35.9 Å². The highest BCUT2D eigenvalue weighted by atomic mass is 19.4. The average Bonchev–Trinajstić information content (AvgIpc) is 3.04. The van der Waals surface area contributed by atoms with Crippen LogP contribution in [-0.2, 0) is 12.6 Å². The maximum Gasteiger partial charge on any atom is 0.416 e. The van der Waals surface area contributed by atoms with Crippen LogP contribution in [0.1, 0.15) is 27.2 Å². The maximum atomic E-state index is 13.5. The highest BCUT2D eigenvalue weighted by Gasteiger charge is 2.31. The number of alkyl halides is 3. The standard InChI is InChI=1S/C17H12F4N4O/c18-13-4-10(3-12(6-13)17(19,20)21)5-14-7-15(1-2-23-14)25-9-11(8-24-25)16(22)26/h1-4,6-9H,5H2,(H2,22,26). The number of nitrogens with two attached hydrogens (primary N) is 1. The minimum Gasteiger partial charge on any atom is -0.366 e. The van der Waals surface area contributed by atoms with Gasteiger partial charge < -0.3 is 5.73 Å². The monoisotopic (exact) mass is 364 g/mol. The van der Waals surface area contributed by atoms with Crippen LogP contribution >= 0.6 is 0 Å². The molecule has 0 aliphatic heterocycles. The van der Waals surface area contributed by atoms with Crippen LogP contribution in [0.15, 0.2) is 48.9 Å². The van der Waals surface area contributed by atoms with E-state index in [0.717, 1.165) is 12.1 Å². The Morgan fingerprint density at radius 2 is 1.96 bits per heavy atom. The smallest absolute Gasteiger partial charge is 0.366 e. The first kappa shape index (κ1) is 17.6. The van der Waals surface area contributed by atoms with Crippen molar-refractivity contribution in [2.24, 2.45) is 5.73 Å². The zero-order valence-electron chi connectivity index (χ0n) is 13.2. The molecular formula is C17H12F4N4O. The Labute approximate surface area is 145 Å². The molecule has 2 N–H and O–H groups in total. The zero-order chi connectivity index (χ0) is 18.9. The molecule has 3 aromatic rings. The number of hydrogen-bond donors (Lipinski definition) is 1. The molecule has 9 heteroatoms. The molecule has 0 saturated heterocycles. The lowest BCUT2D eigenvalue weighted by atomic mass is 10.0. The summed E-state index contributed by atoms with van der Waals surface area (Å²) in [6.07, 6.45) is -0.471. The fraction of sp³-hybridized carbons (Fsp3) is 0.118. The van der Waals surface area contributed by atoms with Crippen LogP contribution in [0.25, 0.3) is 5.69 Å². The van der Waals surface area contributed by atoms with Crippen molar-refractivity contribution in [3.8, 4) is 5.69 Å². The van der Waals surface area contributed by atoms with E-state index in [1.807, 2.05) is 0 Å². The predicted molar refractivity (Wildman–Crippen MR) is 84.1 cm³/mol. The van der Waals surface area contributed by atoms with Crippen LogP contribution in [0.5, 0.6) is 0 Å². The van der Waals surface area contributed by atoms with Crippen molar-refractivity contribution in [2.75, 3.05) is 0 Å². The van der Waals surface area contributed by atoms with Crippen LogP contribution in [0.4, 0.5) is 17.6 Å². The molecule has 0 aliphatic carbocycles. The number of amides is 1. The first-order valence-corrected chi connectivity index (χ1v) is 7.39. The van der Waals surface area contributed by atoms with Gasteiger partial charge in [-0.15, -0.1) is 0 Å². The molecule has 134 valence electrons. The number of nitrogens with zero attached hydrogens (tertiary/aromatic N) is 3. The minimum absolute atomic E-state index is 0.00136. The number of hydrogen-bond acceptors (Lipinski definition) is 3. The second-order valence-corrected chi connectivity index (χ2v) is 5.57. The van der Waals surface area contributed by atoms with Crippen LogP contribution < -0.4 is 5.73 Å². The quantitative estimate of drug-likeness (QED) is 0.723. The second-order valence-electron chi connectivity index (χ2n) is 5.57. The molecule has 0 aliphatic rings. The van der Waals surface area contributed by atoms with Gasteiger partial charge in [0.25, 0.3) is 5.91 Å². The third-order valence-electron chi connectivity index (χ3n) is 3.60. The van der Waals surface area contributed by atoms with Gasteiger partial charge in [0.05, 0.1) is 23.0 Å². The Balaban J connectivity index is 1.89. The molecule has 1 amide bonds. The van der Waals surface area contributed by atoms with Crippen LogP contribution in [-0.4, -0.2) is 20.7 Å². The topological polar surface area (TPSA) is 73.8 Å². The summed E-state index contributed by atoms with van der Waals surface area (Å²) in [6, 6.07) is 5.55. The summed E-state index contributed by atoms with van der Waals surface area (Å²) in [6.45, 7) is 0. The molecular weight excluding hydrogens is 352 g/mol. The molecule has 0 unspecified atom stereocenters. The van der Waals surface area contributed by atoms with Gasteiger partial charge in [-0.3, -0.25) is 9.78 Å². The first-order valence-electron chi connectivity index (χ1n) is 7.39. The normalized spacial score (nSPS) is 11.5. The molecule has 0 radical (unpaired) electrons. The summed E-state index contributed by atoms with van der Waals surface area (Å²) in [4.78, 5) is 15.2. The van der Waals surface area contributed by atoms with E-state index in [0.29, 0.717) is 17.4 Å². The fourth-order valence-electron chi connectivity index (χ4n) is 2.42. The molecule has 26 heavy (non-hydrogen) atoms. The van der Waals surface area contributed by atoms with Crippen LogP contribution in [0, 0.1) is 5.82 Å². The largest absolute Gasteiger partial charge is 0.416 e. The van der Waals surface area contributed by atoms with Gasteiger partial charge in [0.15, 0.2) is 0 Å². The number of aromatic nitrogens is 3. The fourth-order valence-corrected chi connectivity index (χ4v) is 2.42. The van der Waals surface area contributed by atoms with Crippen molar-refractivity contribution in [2.45, 2.75) is 12.6 Å². The number of primary amides is 1. The summed E-state index contributed by atoms with van der Waals surface area (Å²) in [5.41, 5.74) is 5.42. The van der Waals surface area contributed by atoms with E-state index in [4.69, 9.17) is 5.73 Å². The SMILES string of the molecule is NC(=O)c1cnn(-c2ccnc(Cc3cc(F)cc(C(F)(F)F)c3)c2)c1. The Kier molecular flexibility index (Phi) is 4.45. The molecule has 0 bridgehead atoms. The van der Waals surface area contributed by atoms with E-state index in [9.17, 15) is 22.4 Å². The summed E-state index contributed by atoms with van der Waals surface area (Å²) in [5.74, 6) is -1.60. The number of pyridine rings is 1. The van der Waals surface area contributed by atoms with Crippen molar-refractivity contribution in [1.82, 2.24) is 14.8 Å². The van der Waals surface area contributed by atoms with E-state index >= 15 is 0 Å². The number of carbonyl (C=O) groups is 1. The van der Waals surface area contributed by atoms with Crippen molar-refractivity contribution in [3.05, 3.63) is 77.1 Å². The van der Waals surface area contributed by atoms with Gasteiger partial charge in [0, 0.05) is 24.5 Å². The predicted octanol–water partition coefficient (Wildman–Crippen LogP) is 3.11. The Morgan fingerprint density at radius 3 is 2.62 bits per heavy atom. The van der Waals surface area contributed by atoms with Gasteiger partial charge in [0.2, 0.25) is 0 Å². The van der Waals surface area contributed by atoms with E-state index in [1.165, 1.54) is 23.3 Å². The maximum absolute atomic E-state index is 13.5. The molecule has 2 aromatic heterocycles. The molecule has 0 saturated carbocycles. The number of benzene rings is 1. The van der Waals surface area contributed by atoms with E-state index < -0.39 is 23.5 Å². The molecule has 0 fully saturated rings. The Hall–Kier alpha value is -3.23. The van der Waals surface area contributed by atoms with Gasteiger partial charge in [-0.1, -0.05) is 0 Å². The highest BCUT2D eigenvalue weighted by molar-refractivity contribution is 5.92. The summed E-state index contributed by atoms with van der Waals surface area (Å²) in [7, 11) is 0. The number of carbonyl (C=O) groups excluding carboxylic acids is 1. The van der Waals surface area contributed by atoms with Crippen LogP contribution in [0.3, 0.4) is 0 Å². The minimum atomic E-state index is -4.63. The second kappa shape index (κ2) is 6.58.